The van der Waals surface area contributed by atoms with E-state index in [2.05, 4.69) is 15.0 Å². The van der Waals surface area contributed by atoms with Crippen molar-refractivity contribution in [1.29, 1.82) is 0 Å². The van der Waals surface area contributed by atoms with Gasteiger partial charge in [-0.25, -0.2) is 5.26 Å². The minimum absolute atomic E-state index is 0.318. The minimum Gasteiger partial charge on any atom is -0.219 e. The third-order valence-electron chi connectivity index (χ3n) is 0.123. The molecule has 6 heavy (non-hydrogen) atoms. The first-order valence-electron chi connectivity index (χ1n) is 1.07. The fourth-order valence-electron chi connectivity index (χ4n) is 0.0397. The van der Waals surface area contributed by atoms with E-state index in [0.717, 1.165) is 0 Å². The molecule has 0 rings (SSSR count). The lowest BCUT2D eigenvalue weighted by atomic mass is 11.8. The van der Waals surface area contributed by atoms with E-state index in [4.69, 9.17) is 5.26 Å². The Hall–Kier alpha value is 0.570. The van der Waals surface area contributed by atoms with Gasteiger partial charge in [-0.15, -0.1) is 0 Å². The predicted molar refractivity (Wildman–Crippen MR) is 24.8 cm³/mol. The van der Waals surface area contributed by atoms with Crippen LogP contribution in [-0.2, 0) is 15.0 Å². The van der Waals surface area contributed by atoms with Crippen LogP contribution in [0, 0.1) is 0 Å². The fourth-order valence-corrected chi connectivity index (χ4v) is 0.144. The summed E-state index contributed by atoms with van der Waals surface area (Å²) in [5.74, 6) is 0. The lowest BCUT2D eigenvalue weighted by Crippen LogP contribution is -1.87. The highest BCUT2D eigenvalue weighted by atomic mass is 127. The molecule has 0 heterocycles. The second-order valence-corrected chi connectivity index (χ2v) is 0.992. The van der Waals surface area contributed by atoms with Crippen LogP contribution >= 0.6 is 22.6 Å². The summed E-state index contributed by atoms with van der Waals surface area (Å²) in [4.78, 5) is 4.00. The van der Waals surface area contributed by atoms with Crippen molar-refractivity contribution in [2.75, 3.05) is 4.61 Å². The molecule has 0 aromatic heterocycles. The molecule has 0 saturated heterocycles. The normalized spacial score (nSPS) is 9.00. The molecule has 0 aliphatic heterocycles. The molecule has 0 aromatic carbocycles. The fraction of sp³-hybridized carbons (Fsp3) is 1.00. The highest BCUT2D eigenvalue weighted by Crippen LogP contribution is 1.82. The Balaban J connectivity index is 2.34. The summed E-state index contributed by atoms with van der Waals surface area (Å²) < 4.78 is 0.318. The van der Waals surface area contributed by atoms with Gasteiger partial charge >= 0.3 is 0 Å². The maximum atomic E-state index is 7.35. The van der Waals surface area contributed by atoms with Crippen molar-refractivity contribution in [3.05, 3.63) is 0 Å². The van der Waals surface area contributed by atoms with Crippen LogP contribution in [0.2, 0.25) is 0 Å². The predicted octanol–water partition coefficient (Wildman–Crippen LogP) is 0.732. The van der Waals surface area contributed by atoms with Gasteiger partial charge in [0, 0.05) is 0 Å². The minimum atomic E-state index is 0.318. The molecule has 38 valence electrons. The first-order chi connectivity index (χ1) is 2.91. The summed E-state index contributed by atoms with van der Waals surface area (Å²) in [6.45, 7) is 0. The molecule has 0 bridgehead atoms. The Morgan fingerprint density at radius 1 is 1.67 bits per heavy atom. The lowest BCUT2D eigenvalue weighted by Gasteiger charge is -1.87. The molecular weight excluding hydrogens is 203 g/mol. The summed E-state index contributed by atoms with van der Waals surface area (Å²) in [6, 6.07) is 0. The van der Waals surface area contributed by atoms with Crippen molar-refractivity contribution in [3.63, 3.8) is 0 Å². The van der Waals surface area contributed by atoms with Gasteiger partial charge in [0.25, 0.3) is 0 Å². The van der Waals surface area contributed by atoms with Crippen molar-refractivity contribution in [2.24, 2.45) is 0 Å². The smallest absolute Gasteiger partial charge is 0.137 e. The van der Waals surface area contributed by atoms with E-state index in [0.29, 0.717) is 4.61 Å². The van der Waals surface area contributed by atoms with Crippen LogP contribution in [0.25, 0.3) is 0 Å². The van der Waals surface area contributed by atoms with Crippen LogP contribution in [0.15, 0.2) is 0 Å². The van der Waals surface area contributed by atoms with Gasteiger partial charge < -0.3 is 0 Å². The average Bonchev–Trinajstić information content (AvgIpc) is 1.61. The third kappa shape index (κ3) is 4.57. The maximum Gasteiger partial charge on any atom is 0.137 e. The molecule has 0 fully saturated rings. The number of hydrogen-bond donors (Lipinski definition) is 1. The van der Waals surface area contributed by atoms with Gasteiger partial charge in [-0.05, 0) is 10.1 Å². The SMILES string of the molecule is OOOOCI. The van der Waals surface area contributed by atoms with Gasteiger partial charge in [0.2, 0.25) is 0 Å². The molecule has 0 radical (unpaired) electrons. The third-order valence-corrected chi connectivity index (χ3v) is 0.377. The molecule has 0 amide bonds. The Labute approximate surface area is 47.9 Å². The summed E-state index contributed by atoms with van der Waals surface area (Å²) in [7, 11) is 0. The topological polar surface area (TPSA) is 47.9 Å². The number of alkyl halides is 1. The van der Waals surface area contributed by atoms with Crippen LogP contribution < -0.4 is 0 Å². The van der Waals surface area contributed by atoms with E-state index in [-0.39, 0.29) is 0 Å². The van der Waals surface area contributed by atoms with Crippen molar-refractivity contribution in [1.82, 2.24) is 0 Å². The van der Waals surface area contributed by atoms with Crippen LogP contribution in [0.5, 0.6) is 0 Å². The lowest BCUT2D eigenvalue weighted by molar-refractivity contribution is -0.618. The second kappa shape index (κ2) is 5.57. The first kappa shape index (κ1) is 6.57. The second-order valence-electron chi connectivity index (χ2n) is 0.370. The summed E-state index contributed by atoms with van der Waals surface area (Å²) in [6.07, 6.45) is 0. The molecular formula is CH3IO4. The van der Waals surface area contributed by atoms with Crippen molar-refractivity contribution < 1.29 is 20.2 Å². The molecule has 4 nitrogen and oxygen atoms in total. The van der Waals surface area contributed by atoms with E-state index in [9.17, 15) is 0 Å². The largest absolute Gasteiger partial charge is 0.219 e. The molecule has 1 N–H and O–H groups in total. The van der Waals surface area contributed by atoms with E-state index >= 15 is 0 Å². The Morgan fingerprint density at radius 2 is 2.33 bits per heavy atom. The summed E-state index contributed by atoms with van der Waals surface area (Å²) >= 11 is 1.87. The van der Waals surface area contributed by atoms with Crippen molar-refractivity contribution in [3.8, 4) is 0 Å². The van der Waals surface area contributed by atoms with E-state index in [1.807, 2.05) is 22.6 Å². The Bertz CT molecular complexity index is 19.5. The van der Waals surface area contributed by atoms with Crippen molar-refractivity contribution >= 4 is 22.6 Å². The average molecular weight is 206 g/mol. The van der Waals surface area contributed by atoms with Gasteiger partial charge in [0.05, 0.1) is 0 Å². The summed E-state index contributed by atoms with van der Waals surface area (Å²) in [5.41, 5.74) is 0. The van der Waals surface area contributed by atoms with Gasteiger partial charge in [-0.1, -0.05) is 22.6 Å². The summed E-state index contributed by atoms with van der Waals surface area (Å²) in [5, 5.41) is 13.9. The van der Waals surface area contributed by atoms with E-state index in [1.165, 1.54) is 0 Å². The van der Waals surface area contributed by atoms with Crippen molar-refractivity contribution in [2.45, 2.75) is 0 Å². The molecule has 5 heteroatoms. The molecule has 0 atom stereocenters. The van der Waals surface area contributed by atoms with Crippen LogP contribution in [0.4, 0.5) is 0 Å². The maximum absolute atomic E-state index is 7.35. The molecule has 0 aliphatic rings. The zero-order valence-corrected chi connectivity index (χ0v) is 4.91. The van der Waals surface area contributed by atoms with Gasteiger partial charge in [-0.3, -0.25) is 0 Å². The molecule has 0 aliphatic carbocycles. The highest BCUT2D eigenvalue weighted by molar-refractivity contribution is 14.1. The Morgan fingerprint density at radius 3 is 2.50 bits per heavy atom. The van der Waals surface area contributed by atoms with E-state index in [1.54, 1.807) is 0 Å². The van der Waals surface area contributed by atoms with Gasteiger partial charge in [0.15, 0.2) is 0 Å². The highest BCUT2D eigenvalue weighted by Gasteiger charge is 1.75. The van der Waals surface area contributed by atoms with Crippen LogP contribution in [0.1, 0.15) is 0 Å². The number of hydrogen-bond acceptors (Lipinski definition) is 4. The molecule has 0 saturated carbocycles. The van der Waals surface area contributed by atoms with E-state index < -0.39 is 0 Å². The zero-order valence-electron chi connectivity index (χ0n) is 2.76. The standard InChI is InChI=1S/CH3IO4/c2-1-4-6-5-3/h3H,1H2. The molecule has 0 spiro atoms. The first-order valence-corrected chi connectivity index (χ1v) is 2.60. The Kier molecular flexibility index (Phi) is 6.10. The monoisotopic (exact) mass is 206 g/mol. The number of halogens is 1. The molecule has 0 unspecified atom stereocenters. The number of rotatable bonds is 3. The zero-order chi connectivity index (χ0) is 4.83. The quantitative estimate of drug-likeness (QED) is 0.243. The molecule has 0 aromatic rings. The van der Waals surface area contributed by atoms with Crippen LogP contribution in [0.3, 0.4) is 0 Å². The van der Waals surface area contributed by atoms with Crippen LogP contribution in [-0.4, -0.2) is 9.87 Å². The van der Waals surface area contributed by atoms with Gasteiger partial charge in [-0.2, -0.15) is 4.89 Å². The van der Waals surface area contributed by atoms with Gasteiger partial charge in [0.1, 0.15) is 4.61 Å².